The molecule has 0 fully saturated rings. The van der Waals surface area contributed by atoms with Crippen LogP contribution < -0.4 is 16.0 Å². The second kappa shape index (κ2) is 10.8. The van der Waals surface area contributed by atoms with Gasteiger partial charge in [-0.2, -0.15) is 0 Å². The molecule has 0 saturated heterocycles. The lowest BCUT2D eigenvalue weighted by Crippen LogP contribution is -2.26. The number of hydrogen-bond acceptors (Lipinski definition) is 3. The van der Waals surface area contributed by atoms with E-state index in [0.29, 0.717) is 18.4 Å². The number of dihydropyridines is 1. The minimum absolute atomic E-state index is 0.0278. The van der Waals surface area contributed by atoms with E-state index in [0.717, 1.165) is 39.7 Å². The van der Waals surface area contributed by atoms with Crippen molar-refractivity contribution in [3.05, 3.63) is 107 Å². The van der Waals surface area contributed by atoms with Crippen molar-refractivity contribution in [2.75, 3.05) is 17.7 Å². The maximum Gasteiger partial charge on any atom is 0.227 e. The molecule has 1 amide bonds. The van der Waals surface area contributed by atoms with Crippen molar-refractivity contribution in [1.82, 2.24) is 5.32 Å². The average molecular weight is 532 g/mol. The Kier molecular flexibility index (Phi) is 7.34. The Morgan fingerprint density at radius 3 is 2.63 bits per heavy atom. The highest BCUT2D eigenvalue weighted by Crippen LogP contribution is 2.35. The van der Waals surface area contributed by atoms with Crippen molar-refractivity contribution >= 4 is 40.0 Å². The molecule has 3 aromatic carbocycles. The molecule has 2 aliphatic rings. The molecule has 0 aromatic heterocycles. The summed E-state index contributed by atoms with van der Waals surface area (Å²) in [5, 5.41) is 9.43. The molecule has 4 nitrogen and oxygen atoms in total. The normalized spacial score (nSPS) is 20.5. The number of nitrogens with one attached hydrogen (secondary N) is 3. The predicted molar refractivity (Wildman–Crippen MR) is 152 cm³/mol. The summed E-state index contributed by atoms with van der Waals surface area (Å²) >= 11 is 5.90. The van der Waals surface area contributed by atoms with Crippen LogP contribution in [0.25, 0.3) is 22.3 Å². The monoisotopic (exact) mass is 531 g/mol. The summed E-state index contributed by atoms with van der Waals surface area (Å²) < 4.78 is 29.1. The van der Waals surface area contributed by atoms with Gasteiger partial charge in [-0.3, -0.25) is 4.79 Å². The van der Waals surface area contributed by atoms with E-state index in [1.165, 1.54) is 6.07 Å². The Hall–Kier alpha value is -3.90. The van der Waals surface area contributed by atoms with Gasteiger partial charge in [-0.05, 0) is 59.9 Å². The van der Waals surface area contributed by atoms with Crippen LogP contribution in [0.1, 0.15) is 30.9 Å². The first-order valence-electron chi connectivity index (χ1n) is 12.6. The molecular formula is C31H28ClF2N3O. The molecule has 3 aromatic rings. The number of fused-ring (bicyclic) bond motifs is 4. The van der Waals surface area contributed by atoms with Crippen LogP contribution in [0.3, 0.4) is 0 Å². The van der Waals surface area contributed by atoms with Crippen LogP contribution in [0.5, 0.6) is 0 Å². The van der Waals surface area contributed by atoms with E-state index in [1.54, 1.807) is 12.3 Å². The summed E-state index contributed by atoms with van der Waals surface area (Å²) in [6.45, 7) is 1.93. The van der Waals surface area contributed by atoms with Gasteiger partial charge in [0, 0.05) is 36.0 Å². The maximum atomic E-state index is 14.6. The molecule has 5 rings (SSSR count). The fourth-order valence-electron chi connectivity index (χ4n) is 4.85. The molecule has 0 aliphatic carbocycles. The third kappa shape index (κ3) is 5.09. The van der Waals surface area contributed by atoms with Crippen LogP contribution in [0.2, 0.25) is 5.02 Å². The number of amides is 1. The van der Waals surface area contributed by atoms with E-state index < -0.39 is 11.6 Å². The minimum Gasteiger partial charge on any atom is -0.388 e. The summed E-state index contributed by atoms with van der Waals surface area (Å²) in [6, 6.07) is 16.2. The molecule has 2 heterocycles. The van der Waals surface area contributed by atoms with E-state index in [1.807, 2.05) is 50.4 Å². The van der Waals surface area contributed by atoms with Crippen LogP contribution >= 0.6 is 11.6 Å². The lowest BCUT2D eigenvalue weighted by molar-refractivity contribution is -0.119. The second-order valence-electron chi connectivity index (χ2n) is 9.54. The topological polar surface area (TPSA) is 53.2 Å². The van der Waals surface area contributed by atoms with E-state index in [9.17, 15) is 13.6 Å². The molecule has 2 unspecified atom stereocenters. The van der Waals surface area contributed by atoms with Crippen LogP contribution in [0.15, 0.2) is 79.0 Å². The van der Waals surface area contributed by atoms with E-state index in [2.05, 4.69) is 34.2 Å². The van der Waals surface area contributed by atoms with Gasteiger partial charge in [0.15, 0.2) is 5.82 Å². The fraction of sp³-hybridized carbons (Fsp3) is 0.194. The quantitative estimate of drug-likeness (QED) is 0.304. The van der Waals surface area contributed by atoms with E-state index >= 15 is 0 Å². The van der Waals surface area contributed by atoms with Gasteiger partial charge in [-0.1, -0.05) is 61.0 Å². The standard InChI is InChI=1S/C31H28ClF2N3O/c1-18-5-3-8-23(27-14-9-21(17-36-27)29-26(33)13-12-25(32)30(29)34)19-6-4-7-20(15-19)24-11-10-22(35-2)16-28(24)37-31(18)38/h4,6-18,27,35-36H,3,5H2,1-2H3,(H,37,38)/b23-8+. The molecule has 2 aliphatic heterocycles. The van der Waals surface area contributed by atoms with Gasteiger partial charge < -0.3 is 16.0 Å². The van der Waals surface area contributed by atoms with Crippen LogP contribution in [-0.4, -0.2) is 19.0 Å². The Morgan fingerprint density at radius 2 is 1.87 bits per heavy atom. The number of allylic oxidation sites excluding steroid dienone is 3. The van der Waals surface area contributed by atoms with Gasteiger partial charge >= 0.3 is 0 Å². The van der Waals surface area contributed by atoms with Crippen molar-refractivity contribution in [3.63, 3.8) is 0 Å². The molecule has 2 atom stereocenters. The van der Waals surface area contributed by atoms with Crippen molar-refractivity contribution in [1.29, 1.82) is 0 Å². The van der Waals surface area contributed by atoms with Crippen molar-refractivity contribution in [2.45, 2.75) is 25.8 Å². The van der Waals surface area contributed by atoms with Gasteiger partial charge in [0.2, 0.25) is 5.91 Å². The number of rotatable bonds is 3. The summed E-state index contributed by atoms with van der Waals surface area (Å²) in [5.74, 6) is -1.67. The lowest BCUT2D eigenvalue weighted by atomic mass is 9.90. The smallest absolute Gasteiger partial charge is 0.227 e. The predicted octanol–water partition coefficient (Wildman–Crippen LogP) is 7.65. The van der Waals surface area contributed by atoms with Crippen LogP contribution in [-0.2, 0) is 4.79 Å². The summed E-state index contributed by atoms with van der Waals surface area (Å²) in [5.41, 5.74) is 5.81. The zero-order chi connectivity index (χ0) is 26.8. The number of benzene rings is 3. The Balaban J connectivity index is 1.53. The van der Waals surface area contributed by atoms with Crippen LogP contribution in [0, 0.1) is 17.6 Å². The highest BCUT2D eigenvalue weighted by molar-refractivity contribution is 6.31. The summed E-state index contributed by atoms with van der Waals surface area (Å²) in [7, 11) is 1.85. The highest BCUT2D eigenvalue weighted by Gasteiger charge is 2.22. The number of carbonyl (C=O) groups is 1. The molecule has 194 valence electrons. The zero-order valence-electron chi connectivity index (χ0n) is 21.1. The molecule has 7 heteroatoms. The van der Waals surface area contributed by atoms with Crippen LogP contribution in [0.4, 0.5) is 20.2 Å². The minimum atomic E-state index is -0.784. The first-order chi connectivity index (χ1) is 18.4. The Bertz CT molecular complexity index is 1490. The molecule has 0 saturated carbocycles. The SMILES string of the molecule is CNc1ccc2c(c1)NC(=O)C(C)CC/C=C(/C1C=CC(c3c(F)ccc(Cl)c3F)=CN1)c1cccc-2c1. The van der Waals surface area contributed by atoms with E-state index in [-0.39, 0.29) is 28.5 Å². The van der Waals surface area contributed by atoms with E-state index in [4.69, 9.17) is 11.6 Å². The van der Waals surface area contributed by atoms with Crippen molar-refractivity contribution in [2.24, 2.45) is 5.92 Å². The molecular weight excluding hydrogens is 504 g/mol. The summed E-state index contributed by atoms with van der Waals surface area (Å²) in [4.78, 5) is 13.0. The van der Waals surface area contributed by atoms with Crippen molar-refractivity contribution in [3.8, 4) is 11.1 Å². The fourth-order valence-corrected chi connectivity index (χ4v) is 5.00. The van der Waals surface area contributed by atoms with Gasteiger partial charge in [-0.25, -0.2) is 8.78 Å². The first-order valence-corrected chi connectivity index (χ1v) is 13.0. The zero-order valence-corrected chi connectivity index (χ0v) is 21.9. The van der Waals surface area contributed by atoms with Gasteiger partial charge in [0.25, 0.3) is 0 Å². The molecule has 38 heavy (non-hydrogen) atoms. The Labute approximate surface area is 226 Å². The third-order valence-corrected chi connectivity index (χ3v) is 7.33. The molecule has 3 N–H and O–H groups in total. The maximum absolute atomic E-state index is 14.6. The number of halogens is 3. The lowest BCUT2D eigenvalue weighted by Gasteiger charge is -2.24. The summed E-state index contributed by atoms with van der Waals surface area (Å²) in [6.07, 6.45) is 8.72. The molecule has 0 spiro atoms. The average Bonchev–Trinajstić information content (AvgIpc) is 2.93. The number of carbonyl (C=O) groups excluding carboxylic acids is 1. The first kappa shape index (κ1) is 25.7. The molecule has 2 bridgehead atoms. The van der Waals surface area contributed by atoms with Gasteiger partial charge in [-0.15, -0.1) is 0 Å². The molecule has 0 radical (unpaired) electrons. The number of hydrogen-bond donors (Lipinski definition) is 3. The Morgan fingerprint density at radius 1 is 1.05 bits per heavy atom. The second-order valence-corrected chi connectivity index (χ2v) is 9.95. The van der Waals surface area contributed by atoms with Gasteiger partial charge in [0.1, 0.15) is 5.82 Å². The third-order valence-electron chi connectivity index (χ3n) is 7.04. The van der Waals surface area contributed by atoms with Gasteiger partial charge in [0.05, 0.1) is 22.3 Å². The number of anilines is 2. The van der Waals surface area contributed by atoms with Crippen molar-refractivity contribution < 1.29 is 13.6 Å². The highest BCUT2D eigenvalue weighted by atomic mass is 35.5. The largest absolute Gasteiger partial charge is 0.388 e.